The fourth-order valence-electron chi connectivity index (χ4n) is 0.915. The number of ether oxygens (including phenoxy) is 1. The van der Waals surface area contributed by atoms with Crippen LogP contribution < -0.4 is 5.32 Å². The summed E-state index contributed by atoms with van der Waals surface area (Å²) in [6, 6.07) is 0. The minimum absolute atomic E-state index is 0.0150. The van der Waals surface area contributed by atoms with Crippen LogP contribution in [-0.2, 0) is 14.3 Å². The molecular weight excluding hydrogens is 210 g/mol. The number of hydrogen-bond donors (Lipinski definition) is 2. The summed E-state index contributed by atoms with van der Waals surface area (Å²) in [6.07, 6.45) is 0.414. The van der Waals surface area contributed by atoms with Crippen molar-refractivity contribution >= 4 is 11.9 Å². The third-order valence-electron chi connectivity index (χ3n) is 2.20. The fraction of sp³-hybridized carbons (Fsp3) is 0.818. The van der Waals surface area contributed by atoms with E-state index < -0.39 is 11.4 Å². The van der Waals surface area contributed by atoms with Gasteiger partial charge in [-0.05, 0) is 34.1 Å². The van der Waals surface area contributed by atoms with E-state index in [0.717, 1.165) is 0 Å². The zero-order valence-corrected chi connectivity index (χ0v) is 10.4. The predicted octanol–water partition coefficient (Wildman–Crippen LogP) is 1.03. The predicted molar refractivity (Wildman–Crippen MR) is 60.1 cm³/mol. The summed E-state index contributed by atoms with van der Waals surface area (Å²) in [7, 11) is 0. The summed E-state index contributed by atoms with van der Waals surface area (Å²) in [6.45, 7) is 7.32. The molecule has 0 bridgehead atoms. The van der Waals surface area contributed by atoms with Gasteiger partial charge in [0.25, 0.3) is 0 Å². The molecule has 0 aromatic carbocycles. The van der Waals surface area contributed by atoms with Crippen molar-refractivity contribution in [1.29, 1.82) is 0 Å². The molecule has 5 nitrogen and oxygen atoms in total. The third-order valence-corrected chi connectivity index (χ3v) is 2.20. The van der Waals surface area contributed by atoms with E-state index >= 15 is 0 Å². The molecule has 0 atom stereocenters. The normalized spacial score (nSPS) is 11.6. The van der Waals surface area contributed by atoms with Crippen molar-refractivity contribution in [1.82, 2.24) is 5.32 Å². The Morgan fingerprint density at radius 2 is 1.94 bits per heavy atom. The highest BCUT2D eigenvalue weighted by molar-refractivity contribution is 5.77. The van der Waals surface area contributed by atoms with Crippen molar-refractivity contribution in [2.45, 2.75) is 40.2 Å². The number of hydrogen-bond acceptors (Lipinski definition) is 3. The molecule has 0 aliphatic carbocycles. The van der Waals surface area contributed by atoms with Crippen LogP contribution in [0.15, 0.2) is 0 Å². The number of aliphatic carboxylic acids is 1. The minimum atomic E-state index is -0.861. The van der Waals surface area contributed by atoms with Crippen LogP contribution in [0.1, 0.15) is 34.1 Å². The Labute approximate surface area is 96.2 Å². The van der Waals surface area contributed by atoms with Crippen LogP contribution >= 0.6 is 0 Å². The van der Waals surface area contributed by atoms with Crippen LogP contribution in [0.25, 0.3) is 0 Å². The Balaban J connectivity index is 3.74. The Morgan fingerprint density at radius 3 is 2.38 bits per heavy atom. The molecule has 0 spiro atoms. The molecule has 0 aromatic rings. The first-order chi connectivity index (χ1) is 7.25. The lowest BCUT2D eigenvalue weighted by atomic mass is 9.90. The van der Waals surface area contributed by atoms with Gasteiger partial charge in [-0.25, -0.2) is 0 Å². The first-order valence-corrected chi connectivity index (χ1v) is 5.37. The largest absolute Gasteiger partial charge is 0.481 e. The van der Waals surface area contributed by atoms with Gasteiger partial charge >= 0.3 is 5.97 Å². The van der Waals surface area contributed by atoms with Gasteiger partial charge < -0.3 is 15.2 Å². The van der Waals surface area contributed by atoms with Crippen LogP contribution in [-0.4, -0.2) is 36.2 Å². The van der Waals surface area contributed by atoms with Gasteiger partial charge in [-0.15, -0.1) is 0 Å². The second kappa shape index (κ2) is 6.48. The molecular formula is C11H21NO4. The molecule has 0 heterocycles. The van der Waals surface area contributed by atoms with Crippen LogP contribution in [0.4, 0.5) is 0 Å². The number of amides is 1. The molecule has 0 aliphatic rings. The lowest BCUT2D eigenvalue weighted by Gasteiger charge is -2.19. The van der Waals surface area contributed by atoms with Gasteiger partial charge in [-0.1, -0.05) is 0 Å². The summed E-state index contributed by atoms with van der Waals surface area (Å²) in [4.78, 5) is 22.0. The summed E-state index contributed by atoms with van der Waals surface area (Å²) >= 11 is 0. The molecule has 94 valence electrons. The van der Waals surface area contributed by atoms with Crippen molar-refractivity contribution in [3.8, 4) is 0 Å². The van der Waals surface area contributed by atoms with E-state index in [1.807, 2.05) is 13.8 Å². The first-order valence-electron chi connectivity index (χ1n) is 5.37. The molecule has 1 amide bonds. The molecule has 16 heavy (non-hydrogen) atoms. The van der Waals surface area contributed by atoms with Gasteiger partial charge in [0.1, 0.15) is 6.61 Å². The van der Waals surface area contributed by atoms with E-state index in [1.165, 1.54) is 0 Å². The molecule has 0 radical (unpaired) electrons. The number of carbonyl (C=O) groups is 2. The number of rotatable bonds is 7. The molecule has 0 saturated heterocycles. The molecule has 2 N–H and O–H groups in total. The second-order valence-corrected chi connectivity index (χ2v) is 4.65. The van der Waals surface area contributed by atoms with E-state index in [9.17, 15) is 9.59 Å². The van der Waals surface area contributed by atoms with Crippen molar-refractivity contribution in [3.63, 3.8) is 0 Å². The standard InChI is InChI=1S/C11H21NO4/c1-8(2)16-7-9(13)12-6-5-11(3,4)10(14)15/h8H,5-7H2,1-4H3,(H,12,13)(H,14,15). The number of carboxylic acid groups (broad SMARTS) is 1. The molecule has 0 rings (SSSR count). The smallest absolute Gasteiger partial charge is 0.309 e. The van der Waals surface area contributed by atoms with Crippen molar-refractivity contribution in [2.75, 3.05) is 13.2 Å². The number of carboxylic acids is 1. The SMILES string of the molecule is CC(C)OCC(=O)NCCC(C)(C)C(=O)O. The van der Waals surface area contributed by atoms with Gasteiger partial charge in [0, 0.05) is 6.54 Å². The number of nitrogens with one attached hydrogen (secondary N) is 1. The van der Waals surface area contributed by atoms with Crippen LogP contribution in [0.3, 0.4) is 0 Å². The summed E-state index contributed by atoms with van der Waals surface area (Å²) in [5, 5.41) is 11.5. The zero-order valence-electron chi connectivity index (χ0n) is 10.4. The van der Waals surface area contributed by atoms with E-state index in [0.29, 0.717) is 13.0 Å². The number of carbonyl (C=O) groups excluding carboxylic acids is 1. The monoisotopic (exact) mass is 231 g/mol. The first kappa shape index (κ1) is 14.9. The van der Waals surface area contributed by atoms with Crippen molar-refractivity contribution in [3.05, 3.63) is 0 Å². The Morgan fingerprint density at radius 1 is 1.38 bits per heavy atom. The second-order valence-electron chi connectivity index (χ2n) is 4.65. The average Bonchev–Trinajstić information content (AvgIpc) is 2.14. The van der Waals surface area contributed by atoms with Gasteiger partial charge in [0.15, 0.2) is 0 Å². The highest BCUT2D eigenvalue weighted by atomic mass is 16.5. The van der Waals surface area contributed by atoms with Crippen LogP contribution in [0.2, 0.25) is 0 Å². The summed E-state index contributed by atoms with van der Waals surface area (Å²) in [5.74, 6) is -1.07. The van der Waals surface area contributed by atoms with Crippen LogP contribution in [0, 0.1) is 5.41 Å². The molecule has 0 unspecified atom stereocenters. The van der Waals surface area contributed by atoms with Gasteiger partial charge in [0.2, 0.25) is 5.91 Å². The van der Waals surface area contributed by atoms with Crippen molar-refractivity contribution in [2.24, 2.45) is 5.41 Å². The van der Waals surface area contributed by atoms with Crippen molar-refractivity contribution < 1.29 is 19.4 Å². The molecule has 0 saturated carbocycles. The highest BCUT2D eigenvalue weighted by Crippen LogP contribution is 2.19. The molecule has 5 heteroatoms. The van der Waals surface area contributed by atoms with E-state index in [2.05, 4.69) is 5.32 Å². The Hall–Kier alpha value is -1.10. The van der Waals surface area contributed by atoms with Gasteiger partial charge in [0.05, 0.1) is 11.5 Å². The Kier molecular flexibility index (Phi) is 6.03. The summed E-state index contributed by atoms with van der Waals surface area (Å²) in [5.41, 5.74) is -0.813. The maximum atomic E-state index is 11.2. The molecule has 0 fully saturated rings. The third kappa shape index (κ3) is 6.40. The minimum Gasteiger partial charge on any atom is -0.481 e. The lowest BCUT2D eigenvalue weighted by molar-refractivity contribution is -0.147. The maximum Gasteiger partial charge on any atom is 0.309 e. The van der Waals surface area contributed by atoms with Crippen LogP contribution in [0.5, 0.6) is 0 Å². The summed E-state index contributed by atoms with van der Waals surface area (Å²) < 4.78 is 5.11. The van der Waals surface area contributed by atoms with Gasteiger partial charge in [-0.3, -0.25) is 9.59 Å². The van der Waals surface area contributed by atoms with E-state index in [4.69, 9.17) is 9.84 Å². The average molecular weight is 231 g/mol. The highest BCUT2D eigenvalue weighted by Gasteiger charge is 2.26. The zero-order chi connectivity index (χ0) is 12.8. The molecule has 0 aliphatic heterocycles. The van der Waals surface area contributed by atoms with Gasteiger partial charge in [-0.2, -0.15) is 0 Å². The quantitative estimate of drug-likeness (QED) is 0.686. The lowest BCUT2D eigenvalue weighted by Crippen LogP contribution is -2.34. The topological polar surface area (TPSA) is 75.6 Å². The maximum absolute atomic E-state index is 11.2. The fourth-order valence-corrected chi connectivity index (χ4v) is 0.915. The van der Waals surface area contributed by atoms with E-state index in [-0.39, 0.29) is 18.6 Å². The van der Waals surface area contributed by atoms with E-state index in [1.54, 1.807) is 13.8 Å². The molecule has 0 aromatic heterocycles. The Bertz CT molecular complexity index is 248.